The molecular formula is C13H20ClN3O2. The zero-order valence-corrected chi connectivity index (χ0v) is 11.9. The Kier molecular flexibility index (Phi) is 5.24. The molecule has 0 aliphatic carbocycles. The lowest BCUT2D eigenvalue weighted by molar-refractivity contribution is 0.0343. The summed E-state index contributed by atoms with van der Waals surface area (Å²) in [5, 5.41) is 6.69. The molecule has 1 amide bonds. The van der Waals surface area contributed by atoms with Crippen LogP contribution in [0.25, 0.3) is 0 Å². The molecule has 6 heteroatoms. The molecule has 1 aromatic rings. The molecule has 0 saturated carbocycles. The SMILES string of the molecule is Cn1cc(Cl)cc1C(=O)NCCOC1CCNCC1. The number of halogens is 1. The molecule has 0 aromatic carbocycles. The van der Waals surface area contributed by atoms with Crippen molar-refractivity contribution in [1.29, 1.82) is 0 Å². The van der Waals surface area contributed by atoms with Gasteiger partial charge in [-0.1, -0.05) is 11.6 Å². The van der Waals surface area contributed by atoms with Gasteiger partial charge in [0, 0.05) is 19.8 Å². The highest BCUT2D eigenvalue weighted by Gasteiger charge is 2.14. The number of ether oxygens (including phenoxy) is 1. The number of rotatable bonds is 5. The predicted octanol–water partition coefficient (Wildman–Crippen LogP) is 1.18. The van der Waals surface area contributed by atoms with Crippen molar-refractivity contribution in [2.24, 2.45) is 7.05 Å². The van der Waals surface area contributed by atoms with Crippen LogP contribution in [0.1, 0.15) is 23.3 Å². The van der Waals surface area contributed by atoms with Gasteiger partial charge in [-0.15, -0.1) is 0 Å². The molecule has 0 spiro atoms. The number of aromatic nitrogens is 1. The number of piperidine rings is 1. The number of amides is 1. The van der Waals surface area contributed by atoms with Crippen molar-refractivity contribution >= 4 is 17.5 Å². The third-order valence-corrected chi connectivity index (χ3v) is 3.44. The standard InChI is InChI=1S/C13H20ClN3O2/c1-17-9-10(14)8-12(17)13(18)16-6-7-19-11-2-4-15-5-3-11/h8-9,11,15H,2-7H2,1H3,(H,16,18). The Balaban J connectivity index is 1.67. The van der Waals surface area contributed by atoms with Crippen LogP contribution >= 0.6 is 11.6 Å². The van der Waals surface area contributed by atoms with Crippen molar-refractivity contribution < 1.29 is 9.53 Å². The van der Waals surface area contributed by atoms with Crippen LogP contribution in [0.3, 0.4) is 0 Å². The third-order valence-electron chi connectivity index (χ3n) is 3.23. The number of nitrogens with zero attached hydrogens (tertiary/aromatic N) is 1. The minimum absolute atomic E-state index is 0.122. The molecule has 106 valence electrons. The van der Waals surface area contributed by atoms with E-state index in [-0.39, 0.29) is 5.91 Å². The zero-order valence-electron chi connectivity index (χ0n) is 11.1. The van der Waals surface area contributed by atoms with Crippen molar-refractivity contribution in [1.82, 2.24) is 15.2 Å². The van der Waals surface area contributed by atoms with Gasteiger partial charge in [0.05, 0.1) is 17.7 Å². The van der Waals surface area contributed by atoms with Gasteiger partial charge >= 0.3 is 0 Å². The first-order valence-electron chi connectivity index (χ1n) is 6.59. The van der Waals surface area contributed by atoms with Crippen LogP contribution in [0.5, 0.6) is 0 Å². The molecule has 0 radical (unpaired) electrons. The maximum absolute atomic E-state index is 11.9. The number of nitrogens with one attached hydrogen (secondary N) is 2. The van der Waals surface area contributed by atoms with Crippen LogP contribution in [0.15, 0.2) is 12.3 Å². The molecule has 1 aliphatic heterocycles. The van der Waals surface area contributed by atoms with Crippen LogP contribution in [0.4, 0.5) is 0 Å². The van der Waals surface area contributed by atoms with Gasteiger partial charge in [-0.3, -0.25) is 4.79 Å². The summed E-state index contributed by atoms with van der Waals surface area (Å²) < 4.78 is 7.43. The van der Waals surface area contributed by atoms with E-state index in [1.165, 1.54) is 0 Å². The highest BCUT2D eigenvalue weighted by atomic mass is 35.5. The third kappa shape index (κ3) is 4.23. The summed E-state index contributed by atoms with van der Waals surface area (Å²) in [7, 11) is 1.80. The van der Waals surface area contributed by atoms with Crippen molar-refractivity contribution in [3.8, 4) is 0 Å². The Morgan fingerprint density at radius 2 is 2.32 bits per heavy atom. The van der Waals surface area contributed by atoms with E-state index in [1.807, 2.05) is 0 Å². The molecule has 2 N–H and O–H groups in total. The van der Waals surface area contributed by atoms with Crippen molar-refractivity contribution in [3.05, 3.63) is 23.0 Å². The second-order valence-electron chi connectivity index (χ2n) is 4.73. The van der Waals surface area contributed by atoms with Gasteiger partial charge in [0.25, 0.3) is 5.91 Å². The number of carbonyl (C=O) groups is 1. The predicted molar refractivity (Wildman–Crippen MR) is 74.6 cm³/mol. The van der Waals surface area contributed by atoms with Gasteiger partial charge in [0.2, 0.25) is 0 Å². The van der Waals surface area contributed by atoms with Crippen LogP contribution in [-0.4, -0.2) is 42.8 Å². The molecule has 19 heavy (non-hydrogen) atoms. The fourth-order valence-electron chi connectivity index (χ4n) is 2.19. The van der Waals surface area contributed by atoms with Gasteiger partial charge in [-0.2, -0.15) is 0 Å². The fourth-order valence-corrected chi connectivity index (χ4v) is 2.44. The van der Waals surface area contributed by atoms with Crippen LogP contribution in [-0.2, 0) is 11.8 Å². The molecule has 1 aliphatic rings. The first-order valence-corrected chi connectivity index (χ1v) is 6.97. The molecule has 2 rings (SSSR count). The fraction of sp³-hybridized carbons (Fsp3) is 0.615. The molecular weight excluding hydrogens is 266 g/mol. The number of hydrogen-bond donors (Lipinski definition) is 2. The maximum Gasteiger partial charge on any atom is 0.268 e. The van der Waals surface area contributed by atoms with E-state index in [0.717, 1.165) is 25.9 Å². The Hall–Kier alpha value is -1.04. The largest absolute Gasteiger partial charge is 0.376 e. The molecule has 1 aromatic heterocycles. The van der Waals surface area contributed by atoms with Gasteiger partial charge in [-0.25, -0.2) is 0 Å². The second kappa shape index (κ2) is 6.93. The average Bonchev–Trinajstić information content (AvgIpc) is 2.75. The Labute approximate surface area is 118 Å². The first kappa shape index (κ1) is 14.4. The summed E-state index contributed by atoms with van der Waals surface area (Å²) in [6.45, 7) is 3.10. The van der Waals surface area contributed by atoms with Crippen LogP contribution in [0.2, 0.25) is 5.02 Å². The van der Waals surface area contributed by atoms with E-state index in [1.54, 1.807) is 23.9 Å². The maximum atomic E-state index is 11.9. The van der Waals surface area contributed by atoms with E-state index in [9.17, 15) is 4.79 Å². The summed E-state index contributed by atoms with van der Waals surface area (Å²) >= 11 is 5.84. The first-order chi connectivity index (χ1) is 9.16. The molecule has 0 unspecified atom stereocenters. The summed E-state index contributed by atoms with van der Waals surface area (Å²) in [6.07, 6.45) is 4.12. The monoisotopic (exact) mass is 285 g/mol. The number of aryl methyl sites for hydroxylation is 1. The molecule has 1 fully saturated rings. The van der Waals surface area contributed by atoms with E-state index in [4.69, 9.17) is 16.3 Å². The van der Waals surface area contributed by atoms with Gasteiger partial charge in [0.15, 0.2) is 0 Å². The quantitative estimate of drug-likeness (QED) is 0.799. The van der Waals surface area contributed by atoms with Gasteiger partial charge < -0.3 is 19.9 Å². The summed E-state index contributed by atoms with van der Waals surface area (Å²) in [4.78, 5) is 11.9. The summed E-state index contributed by atoms with van der Waals surface area (Å²) in [5.41, 5.74) is 0.562. The highest BCUT2D eigenvalue weighted by molar-refractivity contribution is 6.31. The van der Waals surface area contributed by atoms with E-state index >= 15 is 0 Å². The van der Waals surface area contributed by atoms with E-state index in [0.29, 0.717) is 30.0 Å². The Morgan fingerprint density at radius 1 is 1.58 bits per heavy atom. The normalized spacial score (nSPS) is 16.5. The topological polar surface area (TPSA) is 55.3 Å². The lowest BCUT2D eigenvalue weighted by Crippen LogP contribution is -2.35. The minimum Gasteiger partial charge on any atom is -0.376 e. The Morgan fingerprint density at radius 3 is 2.95 bits per heavy atom. The molecule has 2 heterocycles. The summed E-state index contributed by atoms with van der Waals surface area (Å²) in [5.74, 6) is -0.122. The summed E-state index contributed by atoms with van der Waals surface area (Å²) in [6, 6.07) is 1.66. The molecule has 5 nitrogen and oxygen atoms in total. The van der Waals surface area contributed by atoms with Crippen LogP contribution < -0.4 is 10.6 Å². The van der Waals surface area contributed by atoms with E-state index in [2.05, 4.69) is 10.6 Å². The minimum atomic E-state index is -0.122. The van der Waals surface area contributed by atoms with E-state index < -0.39 is 0 Å². The average molecular weight is 286 g/mol. The van der Waals surface area contributed by atoms with Gasteiger partial charge in [-0.05, 0) is 32.0 Å². The van der Waals surface area contributed by atoms with Crippen molar-refractivity contribution in [2.75, 3.05) is 26.2 Å². The number of carbonyl (C=O) groups excluding carboxylic acids is 1. The second-order valence-corrected chi connectivity index (χ2v) is 5.17. The number of hydrogen-bond acceptors (Lipinski definition) is 3. The van der Waals surface area contributed by atoms with Gasteiger partial charge in [0.1, 0.15) is 5.69 Å². The molecule has 0 atom stereocenters. The Bertz CT molecular complexity index is 428. The zero-order chi connectivity index (χ0) is 13.7. The molecule has 1 saturated heterocycles. The highest BCUT2D eigenvalue weighted by Crippen LogP contribution is 2.12. The molecule has 0 bridgehead atoms. The smallest absolute Gasteiger partial charge is 0.268 e. The lowest BCUT2D eigenvalue weighted by Gasteiger charge is -2.22. The van der Waals surface area contributed by atoms with Crippen molar-refractivity contribution in [3.63, 3.8) is 0 Å². The van der Waals surface area contributed by atoms with Crippen molar-refractivity contribution in [2.45, 2.75) is 18.9 Å². The van der Waals surface area contributed by atoms with Crippen LogP contribution in [0, 0.1) is 0 Å². The lowest BCUT2D eigenvalue weighted by atomic mass is 10.1.